The van der Waals surface area contributed by atoms with Gasteiger partial charge in [0.15, 0.2) is 6.61 Å². The molecule has 1 aromatic carbocycles. The molecular formula is C17H17N2NaO6S. The Bertz CT molecular complexity index is 757. The number of nitrogens with one attached hydrogen (secondary N) is 1. The van der Waals surface area contributed by atoms with Crippen LogP contribution in [0.3, 0.4) is 0 Å². The molecule has 2 heterocycles. The molecule has 0 saturated carbocycles. The SMILES string of the molecule is COCC1=C(C(=O)[O-])N2C(=O)C(NC(=O)COc3ccccc3)[C@@H]2SC1.[Na+]. The summed E-state index contributed by atoms with van der Waals surface area (Å²) in [5, 5.41) is 13.6. The van der Waals surface area contributed by atoms with Gasteiger partial charge in [0.1, 0.15) is 17.2 Å². The van der Waals surface area contributed by atoms with Crippen molar-refractivity contribution < 1.29 is 58.5 Å². The molecule has 1 fully saturated rings. The van der Waals surface area contributed by atoms with Crippen LogP contribution in [-0.2, 0) is 19.1 Å². The number of thioether (sulfide) groups is 1. The molecule has 0 bridgehead atoms. The van der Waals surface area contributed by atoms with Crippen molar-refractivity contribution in [2.75, 3.05) is 26.1 Å². The normalized spacial score (nSPS) is 20.9. The number of carboxylic acid groups (broad SMARTS) is 1. The summed E-state index contributed by atoms with van der Waals surface area (Å²) in [5.41, 5.74) is 0.325. The Balaban J connectivity index is 0.00000261. The van der Waals surface area contributed by atoms with E-state index in [0.717, 1.165) is 4.90 Å². The van der Waals surface area contributed by atoms with Gasteiger partial charge in [-0.3, -0.25) is 14.5 Å². The number of β-lactam (4-membered cyclic amide) rings is 1. The first-order valence-corrected chi connectivity index (χ1v) is 8.92. The number of nitrogens with zero attached hydrogens (tertiary/aromatic N) is 1. The fourth-order valence-electron chi connectivity index (χ4n) is 2.84. The van der Waals surface area contributed by atoms with Crippen LogP contribution in [0.2, 0.25) is 0 Å². The average molecular weight is 400 g/mol. The number of benzene rings is 1. The van der Waals surface area contributed by atoms with Crippen LogP contribution in [0, 0.1) is 0 Å². The van der Waals surface area contributed by atoms with Gasteiger partial charge < -0.3 is 24.7 Å². The standard InChI is InChI=1S/C17H18N2O6S.Na/c1-24-7-10-9-26-16-13(15(21)19(16)14(10)17(22)23)18-12(20)8-25-11-5-3-2-4-6-11;/h2-6,13,16H,7-9H2,1H3,(H,18,20)(H,22,23);/q;+1/p-1/t13?,16-;/m0./s1. The molecule has 0 spiro atoms. The molecule has 2 aliphatic rings. The van der Waals surface area contributed by atoms with Gasteiger partial charge >= 0.3 is 29.6 Å². The van der Waals surface area contributed by atoms with Gasteiger partial charge in [-0.15, -0.1) is 11.8 Å². The molecule has 1 aromatic rings. The first kappa shape index (κ1) is 21.8. The van der Waals surface area contributed by atoms with Gasteiger partial charge in [-0.1, -0.05) is 18.2 Å². The van der Waals surface area contributed by atoms with Gasteiger partial charge in [0.05, 0.1) is 18.3 Å². The second-order valence-electron chi connectivity index (χ2n) is 5.73. The molecular weight excluding hydrogens is 383 g/mol. The van der Waals surface area contributed by atoms with Crippen molar-refractivity contribution in [2.24, 2.45) is 0 Å². The minimum absolute atomic E-state index is 0. The molecule has 0 aliphatic carbocycles. The third-order valence-electron chi connectivity index (χ3n) is 3.99. The number of ether oxygens (including phenoxy) is 2. The summed E-state index contributed by atoms with van der Waals surface area (Å²) in [5.74, 6) is -1.42. The molecule has 2 atom stereocenters. The molecule has 27 heavy (non-hydrogen) atoms. The topological polar surface area (TPSA) is 108 Å². The zero-order valence-corrected chi connectivity index (χ0v) is 17.8. The van der Waals surface area contributed by atoms with E-state index in [4.69, 9.17) is 9.47 Å². The summed E-state index contributed by atoms with van der Waals surface area (Å²) >= 11 is 1.37. The van der Waals surface area contributed by atoms with Crippen molar-refractivity contribution in [1.29, 1.82) is 0 Å². The predicted molar refractivity (Wildman–Crippen MR) is 90.9 cm³/mol. The Morgan fingerprint density at radius 2 is 2.04 bits per heavy atom. The number of hydrogen-bond donors (Lipinski definition) is 1. The summed E-state index contributed by atoms with van der Waals surface area (Å²) in [6.07, 6.45) is 0. The monoisotopic (exact) mass is 400 g/mol. The van der Waals surface area contributed by atoms with E-state index in [1.54, 1.807) is 24.3 Å². The number of fused-ring (bicyclic) bond motifs is 1. The van der Waals surface area contributed by atoms with Crippen LogP contribution in [0.4, 0.5) is 0 Å². The van der Waals surface area contributed by atoms with Crippen LogP contribution >= 0.6 is 11.8 Å². The third-order valence-corrected chi connectivity index (χ3v) is 5.33. The number of amides is 2. The van der Waals surface area contributed by atoms with E-state index in [1.165, 1.54) is 18.9 Å². The maximum absolute atomic E-state index is 12.4. The number of carbonyl (C=O) groups is 3. The summed E-state index contributed by atoms with van der Waals surface area (Å²) in [7, 11) is 1.45. The van der Waals surface area contributed by atoms with Crippen molar-refractivity contribution >= 4 is 29.5 Å². The zero-order valence-electron chi connectivity index (χ0n) is 15.0. The van der Waals surface area contributed by atoms with Crippen LogP contribution in [0.15, 0.2) is 41.6 Å². The molecule has 8 nitrogen and oxygen atoms in total. The molecule has 3 rings (SSSR count). The summed E-state index contributed by atoms with van der Waals surface area (Å²) in [6.45, 7) is -0.127. The second-order valence-corrected chi connectivity index (χ2v) is 6.83. The molecule has 1 saturated heterocycles. The van der Waals surface area contributed by atoms with E-state index in [2.05, 4.69) is 5.32 Å². The Hall–Kier alpha value is -1.52. The zero-order chi connectivity index (χ0) is 18.7. The Labute approximate surface area is 182 Å². The van der Waals surface area contributed by atoms with Crippen LogP contribution in [0.1, 0.15) is 0 Å². The van der Waals surface area contributed by atoms with E-state index >= 15 is 0 Å². The number of carbonyl (C=O) groups excluding carboxylic acids is 3. The Morgan fingerprint density at radius 1 is 1.33 bits per heavy atom. The van der Waals surface area contributed by atoms with Gasteiger partial charge in [0.2, 0.25) is 0 Å². The number of methoxy groups -OCH3 is 1. The largest absolute Gasteiger partial charge is 1.00 e. The van der Waals surface area contributed by atoms with Crippen molar-refractivity contribution in [3.63, 3.8) is 0 Å². The van der Waals surface area contributed by atoms with E-state index < -0.39 is 29.2 Å². The number of para-hydroxylation sites is 1. The van der Waals surface area contributed by atoms with Gasteiger partial charge in [0.25, 0.3) is 11.8 Å². The van der Waals surface area contributed by atoms with Gasteiger partial charge in [-0.25, -0.2) is 0 Å². The van der Waals surface area contributed by atoms with Crippen LogP contribution in [0.5, 0.6) is 5.75 Å². The van der Waals surface area contributed by atoms with Gasteiger partial charge in [-0.05, 0) is 17.7 Å². The van der Waals surface area contributed by atoms with E-state index in [9.17, 15) is 19.5 Å². The second kappa shape index (κ2) is 9.61. The van der Waals surface area contributed by atoms with E-state index in [-0.39, 0.29) is 48.5 Å². The molecule has 1 N–H and O–H groups in total. The van der Waals surface area contributed by atoms with Crippen molar-refractivity contribution in [1.82, 2.24) is 10.2 Å². The van der Waals surface area contributed by atoms with Crippen molar-refractivity contribution in [2.45, 2.75) is 11.4 Å². The van der Waals surface area contributed by atoms with Crippen molar-refractivity contribution in [3.8, 4) is 5.75 Å². The fraction of sp³-hybridized carbons (Fsp3) is 0.353. The molecule has 2 amide bonds. The molecule has 2 aliphatic heterocycles. The third kappa shape index (κ3) is 4.67. The smallest absolute Gasteiger partial charge is 0.543 e. The number of carboxylic acids is 1. The Kier molecular flexibility index (Phi) is 7.75. The first-order valence-electron chi connectivity index (χ1n) is 7.87. The fourth-order valence-corrected chi connectivity index (χ4v) is 4.16. The van der Waals surface area contributed by atoms with E-state index in [0.29, 0.717) is 17.1 Å². The van der Waals surface area contributed by atoms with Crippen LogP contribution in [-0.4, -0.2) is 60.2 Å². The minimum atomic E-state index is -1.42. The number of aliphatic carboxylic acids is 1. The summed E-state index contributed by atoms with van der Waals surface area (Å²) < 4.78 is 10.3. The molecule has 1 unspecified atom stereocenters. The van der Waals surface area contributed by atoms with Crippen molar-refractivity contribution in [3.05, 3.63) is 41.6 Å². The first-order chi connectivity index (χ1) is 12.5. The Morgan fingerprint density at radius 3 is 2.67 bits per heavy atom. The maximum Gasteiger partial charge on any atom is 1.00 e. The number of rotatable bonds is 7. The minimum Gasteiger partial charge on any atom is -0.543 e. The average Bonchev–Trinajstić information content (AvgIpc) is 2.65. The quantitative estimate of drug-likeness (QED) is 0.368. The molecule has 138 valence electrons. The van der Waals surface area contributed by atoms with Gasteiger partial charge in [-0.2, -0.15) is 0 Å². The summed E-state index contributed by atoms with van der Waals surface area (Å²) in [4.78, 5) is 37.0. The molecule has 0 radical (unpaired) electrons. The summed E-state index contributed by atoms with van der Waals surface area (Å²) in [6, 6.07) is 8.04. The molecule has 10 heteroatoms. The maximum atomic E-state index is 12.4. The van der Waals surface area contributed by atoms with Crippen LogP contribution in [0.25, 0.3) is 0 Å². The van der Waals surface area contributed by atoms with Gasteiger partial charge in [0, 0.05) is 12.9 Å². The number of hydrogen-bond acceptors (Lipinski definition) is 7. The predicted octanol–water partition coefficient (Wildman–Crippen LogP) is -3.88. The molecule has 0 aromatic heterocycles. The van der Waals surface area contributed by atoms with Crippen LogP contribution < -0.4 is 44.7 Å². The van der Waals surface area contributed by atoms with E-state index in [1.807, 2.05) is 6.07 Å².